The summed E-state index contributed by atoms with van der Waals surface area (Å²) >= 11 is -2.32. The molecule has 5 nitrogen and oxygen atoms in total. The van der Waals surface area contributed by atoms with E-state index in [4.69, 9.17) is 5.73 Å². The summed E-state index contributed by atoms with van der Waals surface area (Å²) in [6.45, 7) is 1.82. The second-order valence-corrected chi connectivity index (χ2v) is 5.02. The first-order valence-corrected chi connectivity index (χ1v) is 6.94. The molecule has 6 heteroatoms. The highest BCUT2D eigenvalue weighted by Gasteiger charge is 2.21. The molecule has 0 aliphatic rings. The molecule has 20 heavy (non-hydrogen) atoms. The lowest BCUT2D eigenvalue weighted by Crippen LogP contribution is -2.24. The average molecular weight is 290 g/mol. The number of hydrogen-bond donors (Lipinski definition) is 2. The molecule has 0 bridgehead atoms. The van der Waals surface area contributed by atoms with Gasteiger partial charge in [0.05, 0.1) is 16.9 Å². The number of benzene rings is 2. The molecule has 104 valence electrons. The Morgan fingerprint density at radius 2 is 1.65 bits per heavy atom. The molecule has 1 amide bonds. The van der Waals surface area contributed by atoms with E-state index in [0.29, 0.717) is 11.4 Å². The van der Waals surface area contributed by atoms with Gasteiger partial charge in [-0.1, -0.05) is 30.3 Å². The van der Waals surface area contributed by atoms with Crippen molar-refractivity contribution in [3.8, 4) is 0 Å². The van der Waals surface area contributed by atoms with Crippen LogP contribution >= 0.6 is 0 Å². The van der Waals surface area contributed by atoms with Gasteiger partial charge >= 0.3 is 0 Å². The smallest absolute Gasteiger partial charge is 0.266 e. The number of para-hydroxylation sites is 2. The molecule has 0 aromatic heterocycles. The predicted molar refractivity (Wildman–Crippen MR) is 79.0 cm³/mol. The van der Waals surface area contributed by atoms with Gasteiger partial charge < -0.3 is 5.73 Å². The van der Waals surface area contributed by atoms with Gasteiger partial charge in [-0.25, -0.2) is 8.51 Å². The molecule has 1 atom stereocenters. The highest BCUT2D eigenvalue weighted by atomic mass is 32.2. The van der Waals surface area contributed by atoms with Crippen molar-refractivity contribution in [2.75, 3.05) is 4.31 Å². The topological polar surface area (TPSA) is 83.6 Å². The number of rotatable bonds is 4. The van der Waals surface area contributed by atoms with E-state index in [1.54, 1.807) is 30.3 Å². The molecule has 0 heterocycles. The Hall–Kier alpha value is -2.18. The summed E-state index contributed by atoms with van der Waals surface area (Å²) in [4.78, 5) is 11.5. The Morgan fingerprint density at radius 3 is 2.20 bits per heavy atom. The molecule has 2 aromatic rings. The highest BCUT2D eigenvalue weighted by Crippen LogP contribution is 2.31. The zero-order valence-corrected chi connectivity index (χ0v) is 11.6. The lowest BCUT2D eigenvalue weighted by atomic mass is 10.1. The van der Waals surface area contributed by atoms with Gasteiger partial charge in [0.15, 0.2) is 0 Å². The fourth-order valence-electron chi connectivity index (χ4n) is 1.95. The number of anilines is 2. The SMILES string of the molecule is Cc1ccccc1N(c1ccccc1C(N)=O)S(=O)O. The molecule has 0 spiro atoms. The van der Waals surface area contributed by atoms with Crippen molar-refractivity contribution in [3.05, 3.63) is 59.7 Å². The quantitative estimate of drug-likeness (QED) is 0.848. The largest absolute Gasteiger partial charge is 0.366 e. The summed E-state index contributed by atoms with van der Waals surface area (Å²) in [7, 11) is 0. The molecule has 0 saturated heterocycles. The maximum absolute atomic E-state index is 11.7. The number of carbonyl (C=O) groups excluding carboxylic acids is 1. The van der Waals surface area contributed by atoms with Crippen LogP contribution in [0.3, 0.4) is 0 Å². The van der Waals surface area contributed by atoms with Crippen molar-refractivity contribution < 1.29 is 13.6 Å². The minimum absolute atomic E-state index is 0.193. The van der Waals surface area contributed by atoms with Crippen LogP contribution in [-0.2, 0) is 11.3 Å². The Kier molecular flexibility index (Phi) is 4.16. The number of hydrogen-bond acceptors (Lipinski definition) is 2. The summed E-state index contributed by atoms with van der Waals surface area (Å²) in [5, 5.41) is 0. The minimum Gasteiger partial charge on any atom is -0.366 e. The van der Waals surface area contributed by atoms with Gasteiger partial charge in [0, 0.05) is 0 Å². The van der Waals surface area contributed by atoms with E-state index >= 15 is 0 Å². The Labute approximate surface area is 119 Å². The van der Waals surface area contributed by atoms with E-state index in [9.17, 15) is 13.6 Å². The average Bonchev–Trinajstić information content (AvgIpc) is 2.41. The number of amides is 1. The van der Waals surface area contributed by atoms with E-state index in [1.165, 1.54) is 10.4 Å². The fraction of sp³-hybridized carbons (Fsp3) is 0.0714. The first kappa shape index (κ1) is 14.2. The van der Waals surface area contributed by atoms with Crippen molar-refractivity contribution >= 4 is 28.5 Å². The molecule has 0 aliphatic carbocycles. The predicted octanol–water partition coefficient (Wildman–Crippen LogP) is 2.37. The van der Waals surface area contributed by atoms with Crippen LogP contribution in [0.25, 0.3) is 0 Å². The molecule has 2 rings (SSSR count). The molecular weight excluding hydrogens is 276 g/mol. The van der Waals surface area contributed by atoms with E-state index in [-0.39, 0.29) is 5.56 Å². The summed E-state index contributed by atoms with van der Waals surface area (Å²) in [5.41, 5.74) is 7.17. The zero-order chi connectivity index (χ0) is 14.7. The maximum Gasteiger partial charge on any atom is 0.266 e. The summed E-state index contributed by atoms with van der Waals surface area (Å²) in [6, 6.07) is 13.6. The second kappa shape index (κ2) is 5.85. The van der Waals surface area contributed by atoms with Crippen molar-refractivity contribution in [1.29, 1.82) is 0 Å². The molecule has 0 radical (unpaired) electrons. The van der Waals surface area contributed by atoms with Crippen LogP contribution in [0.15, 0.2) is 48.5 Å². The minimum atomic E-state index is -2.32. The standard InChI is InChI=1S/C14H14N2O3S/c1-10-6-2-4-8-12(10)16(20(18)19)13-9-5-3-7-11(13)14(15)17/h2-9H,1H3,(H2,15,17)(H,18,19). The van der Waals surface area contributed by atoms with Crippen LogP contribution in [0, 0.1) is 6.92 Å². The van der Waals surface area contributed by atoms with Crippen LogP contribution in [0.2, 0.25) is 0 Å². The molecule has 3 N–H and O–H groups in total. The monoisotopic (exact) mass is 290 g/mol. The Morgan fingerprint density at radius 1 is 1.10 bits per heavy atom. The summed E-state index contributed by atoms with van der Waals surface area (Å²) < 4.78 is 22.5. The van der Waals surface area contributed by atoms with E-state index in [0.717, 1.165) is 5.56 Å². The first-order chi connectivity index (χ1) is 9.52. The summed E-state index contributed by atoms with van der Waals surface area (Å²) in [5.74, 6) is -0.648. The fourth-order valence-corrected chi connectivity index (χ4v) is 2.65. The molecular formula is C14H14N2O3S. The van der Waals surface area contributed by atoms with Gasteiger partial charge in [0.25, 0.3) is 17.2 Å². The van der Waals surface area contributed by atoms with Gasteiger partial charge in [0.2, 0.25) is 0 Å². The zero-order valence-electron chi connectivity index (χ0n) is 10.8. The van der Waals surface area contributed by atoms with Crippen molar-refractivity contribution in [3.63, 3.8) is 0 Å². The normalized spacial score (nSPS) is 11.9. The lowest BCUT2D eigenvalue weighted by molar-refractivity contribution is 0.100. The third-order valence-corrected chi connectivity index (χ3v) is 3.58. The van der Waals surface area contributed by atoms with Crippen molar-refractivity contribution in [1.82, 2.24) is 0 Å². The first-order valence-electron chi connectivity index (χ1n) is 5.88. The number of nitrogens with two attached hydrogens (primary N) is 1. The molecule has 0 saturated carbocycles. The van der Waals surface area contributed by atoms with Gasteiger partial charge in [0.1, 0.15) is 0 Å². The van der Waals surface area contributed by atoms with Gasteiger partial charge in [-0.2, -0.15) is 0 Å². The molecule has 1 unspecified atom stereocenters. The van der Waals surface area contributed by atoms with Gasteiger partial charge in [-0.3, -0.25) is 9.35 Å². The van der Waals surface area contributed by atoms with E-state index < -0.39 is 17.2 Å². The third-order valence-electron chi connectivity index (χ3n) is 2.88. The van der Waals surface area contributed by atoms with Crippen LogP contribution in [0.4, 0.5) is 11.4 Å². The van der Waals surface area contributed by atoms with Crippen LogP contribution in [0.5, 0.6) is 0 Å². The van der Waals surface area contributed by atoms with Crippen LogP contribution in [0.1, 0.15) is 15.9 Å². The Bertz CT molecular complexity index is 673. The van der Waals surface area contributed by atoms with Crippen LogP contribution in [-0.4, -0.2) is 14.7 Å². The third kappa shape index (κ3) is 2.71. The maximum atomic E-state index is 11.7. The number of primary amides is 1. The Balaban J connectivity index is 2.65. The van der Waals surface area contributed by atoms with Crippen molar-refractivity contribution in [2.45, 2.75) is 6.92 Å². The van der Waals surface area contributed by atoms with Crippen molar-refractivity contribution in [2.24, 2.45) is 5.73 Å². The molecule has 0 fully saturated rings. The lowest BCUT2D eigenvalue weighted by Gasteiger charge is -2.23. The van der Waals surface area contributed by atoms with Gasteiger partial charge in [-0.15, -0.1) is 0 Å². The summed E-state index contributed by atoms with van der Waals surface area (Å²) in [6.07, 6.45) is 0. The highest BCUT2D eigenvalue weighted by molar-refractivity contribution is 7.81. The van der Waals surface area contributed by atoms with Crippen LogP contribution < -0.4 is 10.0 Å². The number of nitrogens with zero attached hydrogens (tertiary/aromatic N) is 1. The molecule has 0 aliphatic heterocycles. The molecule has 2 aromatic carbocycles. The number of carbonyl (C=O) groups is 1. The van der Waals surface area contributed by atoms with E-state index in [2.05, 4.69) is 0 Å². The number of aryl methyl sites for hydroxylation is 1. The second-order valence-electron chi connectivity index (χ2n) is 4.19. The van der Waals surface area contributed by atoms with E-state index in [1.807, 2.05) is 19.1 Å². The van der Waals surface area contributed by atoms with Gasteiger partial charge in [-0.05, 0) is 30.7 Å².